The lowest BCUT2D eigenvalue weighted by molar-refractivity contribution is -0.117. The molecule has 3 heteroatoms. The van der Waals surface area contributed by atoms with E-state index >= 15 is 0 Å². The van der Waals surface area contributed by atoms with Crippen LogP contribution in [0, 0.1) is 13.8 Å². The van der Waals surface area contributed by atoms with Gasteiger partial charge in [0.2, 0.25) is 5.91 Å². The second-order valence-electron chi connectivity index (χ2n) is 5.98. The summed E-state index contributed by atoms with van der Waals surface area (Å²) in [7, 11) is 0. The molecule has 1 heterocycles. The molecule has 0 aromatic heterocycles. The molecule has 0 aliphatic carbocycles. The third-order valence-corrected chi connectivity index (χ3v) is 4.24. The zero-order chi connectivity index (χ0) is 15.5. The van der Waals surface area contributed by atoms with Gasteiger partial charge < -0.3 is 10.2 Å². The van der Waals surface area contributed by atoms with Crippen LogP contribution < -0.4 is 10.2 Å². The molecule has 0 bridgehead atoms. The van der Waals surface area contributed by atoms with E-state index in [-0.39, 0.29) is 5.91 Å². The molecule has 3 nitrogen and oxygen atoms in total. The summed E-state index contributed by atoms with van der Waals surface area (Å²) in [6.07, 6.45) is 1.64. The molecule has 1 amide bonds. The van der Waals surface area contributed by atoms with E-state index in [1.807, 2.05) is 29.2 Å². The van der Waals surface area contributed by atoms with Crippen LogP contribution >= 0.6 is 0 Å². The standard InChI is InChI=1S/C19H22N2O/c1-14-5-6-15(2)16(12-14)13-20-17-7-9-18(10-8-17)21-11-3-4-19(21)22/h5-10,12,20H,3-4,11,13H2,1-2H3. The quantitative estimate of drug-likeness (QED) is 0.923. The third-order valence-electron chi connectivity index (χ3n) is 4.24. The van der Waals surface area contributed by atoms with Crippen molar-refractivity contribution in [2.45, 2.75) is 33.2 Å². The molecule has 0 saturated carbocycles. The average Bonchev–Trinajstić information content (AvgIpc) is 2.95. The Morgan fingerprint density at radius 3 is 2.55 bits per heavy atom. The minimum absolute atomic E-state index is 0.232. The topological polar surface area (TPSA) is 32.3 Å². The van der Waals surface area contributed by atoms with Gasteiger partial charge in [0, 0.05) is 30.9 Å². The predicted octanol–water partition coefficient (Wildman–Crippen LogP) is 4.04. The number of hydrogen-bond donors (Lipinski definition) is 1. The molecule has 0 spiro atoms. The summed E-state index contributed by atoms with van der Waals surface area (Å²) in [4.78, 5) is 13.6. The Morgan fingerprint density at radius 1 is 1.09 bits per heavy atom. The number of rotatable bonds is 4. The van der Waals surface area contributed by atoms with Gasteiger partial charge in [-0.2, -0.15) is 0 Å². The first-order chi connectivity index (χ1) is 10.6. The van der Waals surface area contributed by atoms with Crippen molar-refractivity contribution in [2.24, 2.45) is 0 Å². The van der Waals surface area contributed by atoms with Gasteiger partial charge in [0.25, 0.3) is 0 Å². The summed E-state index contributed by atoms with van der Waals surface area (Å²) < 4.78 is 0. The lowest BCUT2D eigenvalue weighted by atomic mass is 10.1. The number of hydrogen-bond acceptors (Lipinski definition) is 2. The first-order valence-corrected chi connectivity index (χ1v) is 7.84. The summed E-state index contributed by atoms with van der Waals surface area (Å²) in [6, 6.07) is 14.7. The highest BCUT2D eigenvalue weighted by Gasteiger charge is 2.21. The Labute approximate surface area is 132 Å². The monoisotopic (exact) mass is 294 g/mol. The Hall–Kier alpha value is -2.29. The van der Waals surface area contributed by atoms with Gasteiger partial charge >= 0.3 is 0 Å². The van der Waals surface area contributed by atoms with Crippen molar-refractivity contribution in [3.8, 4) is 0 Å². The second-order valence-corrected chi connectivity index (χ2v) is 5.98. The van der Waals surface area contributed by atoms with E-state index in [1.54, 1.807) is 0 Å². The second kappa shape index (κ2) is 6.22. The fraction of sp³-hybridized carbons (Fsp3) is 0.316. The fourth-order valence-electron chi connectivity index (χ4n) is 2.87. The molecule has 1 fully saturated rings. The number of carbonyl (C=O) groups excluding carboxylic acids is 1. The molecule has 1 N–H and O–H groups in total. The zero-order valence-corrected chi connectivity index (χ0v) is 13.2. The van der Waals surface area contributed by atoms with Crippen molar-refractivity contribution < 1.29 is 4.79 Å². The molecule has 1 aliphatic heterocycles. The van der Waals surface area contributed by atoms with Gasteiger partial charge in [-0.3, -0.25) is 4.79 Å². The Balaban J connectivity index is 1.66. The van der Waals surface area contributed by atoms with E-state index in [0.717, 1.165) is 30.9 Å². The minimum atomic E-state index is 0.232. The van der Waals surface area contributed by atoms with Gasteiger partial charge in [0.1, 0.15) is 0 Å². The molecular formula is C19H22N2O. The summed E-state index contributed by atoms with van der Waals surface area (Å²) in [5.74, 6) is 0.232. The molecule has 22 heavy (non-hydrogen) atoms. The summed E-state index contributed by atoms with van der Waals surface area (Å²) in [6.45, 7) is 5.91. The van der Waals surface area contributed by atoms with Crippen molar-refractivity contribution in [1.82, 2.24) is 0 Å². The number of carbonyl (C=O) groups is 1. The van der Waals surface area contributed by atoms with Crippen LogP contribution in [0.3, 0.4) is 0 Å². The average molecular weight is 294 g/mol. The summed E-state index contributed by atoms with van der Waals surface area (Å²) in [5.41, 5.74) is 5.98. The molecule has 2 aromatic carbocycles. The number of benzene rings is 2. The number of nitrogens with zero attached hydrogens (tertiary/aromatic N) is 1. The summed E-state index contributed by atoms with van der Waals surface area (Å²) >= 11 is 0. The fourth-order valence-corrected chi connectivity index (χ4v) is 2.87. The van der Waals surface area contributed by atoms with Crippen molar-refractivity contribution >= 4 is 17.3 Å². The molecule has 1 saturated heterocycles. The van der Waals surface area contributed by atoms with E-state index in [2.05, 4.69) is 37.4 Å². The van der Waals surface area contributed by atoms with E-state index in [1.165, 1.54) is 16.7 Å². The van der Waals surface area contributed by atoms with Gasteiger partial charge in [-0.05, 0) is 55.7 Å². The Bertz CT molecular complexity index is 676. The summed E-state index contributed by atoms with van der Waals surface area (Å²) in [5, 5.41) is 3.45. The van der Waals surface area contributed by atoms with E-state index in [0.29, 0.717) is 6.42 Å². The van der Waals surface area contributed by atoms with Gasteiger partial charge in [-0.15, -0.1) is 0 Å². The van der Waals surface area contributed by atoms with Crippen LogP contribution in [0.1, 0.15) is 29.5 Å². The SMILES string of the molecule is Cc1ccc(C)c(CNc2ccc(N3CCCC3=O)cc2)c1. The van der Waals surface area contributed by atoms with Crippen LogP contribution in [0.2, 0.25) is 0 Å². The highest BCUT2D eigenvalue weighted by Crippen LogP contribution is 2.23. The lowest BCUT2D eigenvalue weighted by Crippen LogP contribution is -2.23. The van der Waals surface area contributed by atoms with Gasteiger partial charge in [-0.25, -0.2) is 0 Å². The number of amides is 1. The first-order valence-electron chi connectivity index (χ1n) is 7.84. The van der Waals surface area contributed by atoms with Crippen molar-refractivity contribution in [2.75, 3.05) is 16.8 Å². The molecule has 114 valence electrons. The first kappa shape index (κ1) is 14.6. The van der Waals surface area contributed by atoms with Crippen molar-refractivity contribution in [3.05, 3.63) is 59.2 Å². The molecule has 3 rings (SSSR count). The highest BCUT2D eigenvalue weighted by atomic mass is 16.2. The van der Waals surface area contributed by atoms with E-state index in [4.69, 9.17) is 0 Å². The molecule has 2 aromatic rings. The van der Waals surface area contributed by atoms with Crippen LogP contribution in [-0.2, 0) is 11.3 Å². The molecule has 1 aliphatic rings. The highest BCUT2D eigenvalue weighted by molar-refractivity contribution is 5.95. The van der Waals surface area contributed by atoms with E-state index in [9.17, 15) is 4.79 Å². The normalized spacial score (nSPS) is 14.5. The largest absolute Gasteiger partial charge is 0.381 e. The van der Waals surface area contributed by atoms with Crippen LogP contribution in [0.15, 0.2) is 42.5 Å². The van der Waals surface area contributed by atoms with Crippen molar-refractivity contribution in [1.29, 1.82) is 0 Å². The smallest absolute Gasteiger partial charge is 0.227 e. The van der Waals surface area contributed by atoms with Crippen LogP contribution in [-0.4, -0.2) is 12.5 Å². The van der Waals surface area contributed by atoms with E-state index < -0.39 is 0 Å². The maximum Gasteiger partial charge on any atom is 0.227 e. The van der Waals surface area contributed by atoms with Crippen molar-refractivity contribution in [3.63, 3.8) is 0 Å². The Kier molecular flexibility index (Phi) is 4.14. The van der Waals surface area contributed by atoms with Gasteiger partial charge in [0.05, 0.1) is 0 Å². The zero-order valence-electron chi connectivity index (χ0n) is 13.2. The maximum absolute atomic E-state index is 11.8. The Morgan fingerprint density at radius 2 is 1.86 bits per heavy atom. The number of anilines is 2. The van der Waals surface area contributed by atoms with Crippen LogP contribution in [0.4, 0.5) is 11.4 Å². The number of nitrogens with one attached hydrogen (secondary N) is 1. The van der Waals surface area contributed by atoms with Gasteiger partial charge in [0.15, 0.2) is 0 Å². The van der Waals surface area contributed by atoms with Crippen LogP contribution in [0.5, 0.6) is 0 Å². The molecule has 0 unspecified atom stereocenters. The maximum atomic E-state index is 11.8. The minimum Gasteiger partial charge on any atom is -0.381 e. The molecule has 0 atom stereocenters. The van der Waals surface area contributed by atoms with Crippen LogP contribution in [0.25, 0.3) is 0 Å². The molecule has 0 radical (unpaired) electrons. The van der Waals surface area contributed by atoms with Gasteiger partial charge in [-0.1, -0.05) is 23.8 Å². The predicted molar refractivity (Wildman–Crippen MR) is 91.3 cm³/mol. The third kappa shape index (κ3) is 3.14. The molecular weight excluding hydrogens is 272 g/mol. The lowest BCUT2D eigenvalue weighted by Gasteiger charge is -2.16. The number of aryl methyl sites for hydroxylation is 2.